The molecule has 4 unspecified atom stereocenters. The predicted octanol–water partition coefficient (Wildman–Crippen LogP) is 1.13. The first-order chi connectivity index (χ1) is 7.83. The van der Waals surface area contributed by atoms with E-state index in [1.165, 1.54) is 0 Å². The number of hydrogen-bond acceptors (Lipinski definition) is 4. The van der Waals surface area contributed by atoms with Crippen molar-refractivity contribution < 1.29 is 35.5 Å². The molecule has 0 aliphatic carbocycles. The number of rotatable bonds is 4. The van der Waals surface area contributed by atoms with Gasteiger partial charge in [0.05, 0.1) is 0 Å². The van der Waals surface area contributed by atoms with Crippen LogP contribution in [0, 0.1) is 0 Å². The van der Waals surface area contributed by atoms with Crippen LogP contribution in [0.5, 0.6) is 0 Å². The fourth-order valence-electron chi connectivity index (χ4n) is 4.66. The molecule has 4 heterocycles. The van der Waals surface area contributed by atoms with Gasteiger partial charge >= 0.3 is 105 Å². The van der Waals surface area contributed by atoms with Gasteiger partial charge in [-0.1, -0.05) is 0 Å². The molecule has 4 nitrogen and oxygen atoms in total. The van der Waals surface area contributed by atoms with Crippen LogP contribution < -0.4 is 0 Å². The summed E-state index contributed by atoms with van der Waals surface area (Å²) >= 11 is -2.69. The van der Waals surface area contributed by atoms with E-state index in [9.17, 15) is 0 Å². The molecule has 96 valence electrons. The van der Waals surface area contributed by atoms with Gasteiger partial charge in [-0.25, -0.2) is 0 Å². The summed E-state index contributed by atoms with van der Waals surface area (Å²) in [6.45, 7) is 12.5. The van der Waals surface area contributed by atoms with E-state index in [-0.39, 0.29) is 15.6 Å². The van der Waals surface area contributed by atoms with Gasteiger partial charge < -0.3 is 0 Å². The van der Waals surface area contributed by atoms with Crippen LogP contribution in [0.4, 0.5) is 0 Å². The minimum atomic E-state index is -2.69. The molecule has 0 amide bonds. The van der Waals surface area contributed by atoms with Crippen molar-refractivity contribution in [3.05, 3.63) is 0 Å². The summed E-state index contributed by atoms with van der Waals surface area (Å²) < 4.78 is 23.7. The molecule has 0 aromatic rings. The quantitative estimate of drug-likeness (QED) is 0.570. The van der Waals surface area contributed by atoms with Crippen molar-refractivity contribution in [3.63, 3.8) is 0 Å². The van der Waals surface area contributed by atoms with Gasteiger partial charge in [-0.3, -0.25) is 0 Å². The Morgan fingerprint density at radius 1 is 0.588 bits per heavy atom. The molecule has 0 spiro atoms. The third-order valence-electron chi connectivity index (χ3n) is 5.48. The maximum atomic E-state index is 5.90. The Morgan fingerprint density at radius 3 is 0.882 bits per heavy atom. The Morgan fingerprint density at radius 2 is 0.765 bits per heavy atom. The summed E-state index contributed by atoms with van der Waals surface area (Å²) in [7, 11) is 0. The molecule has 0 aromatic carbocycles. The Balaban J connectivity index is 1.91. The number of epoxide rings is 4. The summed E-state index contributed by atoms with van der Waals surface area (Å²) in [5.74, 6) is 0. The zero-order valence-corrected chi connectivity index (χ0v) is 12.5. The first kappa shape index (κ1) is 11.4. The monoisotopic (exact) mass is 276 g/mol. The Hall–Kier alpha value is 0.554. The minimum absolute atomic E-state index is 0.0156. The van der Waals surface area contributed by atoms with Crippen molar-refractivity contribution in [2.75, 3.05) is 26.4 Å². The van der Waals surface area contributed by atoms with E-state index in [0.717, 1.165) is 26.4 Å². The van der Waals surface area contributed by atoms with Crippen LogP contribution in [0.15, 0.2) is 0 Å². The molecule has 4 rings (SSSR count). The number of ether oxygens (including phenoxy) is 4. The molecule has 4 atom stereocenters. The van der Waals surface area contributed by atoms with Gasteiger partial charge in [0.2, 0.25) is 0 Å². The van der Waals surface area contributed by atoms with E-state index in [1.807, 2.05) is 0 Å². The Labute approximate surface area is 105 Å². The molecule has 4 fully saturated rings. The molecule has 4 aliphatic rings. The summed E-state index contributed by atoms with van der Waals surface area (Å²) in [4.78, 5) is 0. The van der Waals surface area contributed by atoms with Gasteiger partial charge in [-0.05, 0) is 0 Å². The van der Waals surface area contributed by atoms with Crippen LogP contribution in [-0.4, -0.2) is 42.1 Å². The average molecular weight is 276 g/mol. The van der Waals surface area contributed by atoms with Crippen LogP contribution in [-0.2, 0) is 35.5 Å². The second kappa shape index (κ2) is 2.69. The molecule has 17 heavy (non-hydrogen) atoms. The second-order valence-electron chi connectivity index (χ2n) is 6.83. The van der Waals surface area contributed by atoms with Crippen LogP contribution >= 0.6 is 0 Å². The Bertz CT molecular complexity index is 314. The van der Waals surface area contributed by atoms with Gasteiger partial charge in [0.1, 0.15) is 0 Å². The van der Waals surface area contributed by atoms with Gasteiger partial charge in [0.25, 0.3) is 0 Å². The second-order valence-corrected chi connectivity index (χ2v) is 15.8. The van der Waals surface area contributed by atoms with Gasteiger partial charge in [-0.15, -0.1) is 0 Å². The topological polar surface area (TPSA) is 50.1 Å². The molecule has 4 saturated heterocycles. The summed E-state index contributed by atoms with van der Waals surface area (Å²) in [6.07, 6.45) is 0. The molecule has 5 heteroatoms. The van der Waals surface area contributed by atoms with Gasteiger partial charge in [-0.2, -0.15) is 0 Å². The molecule has 0 radical (unpaired) electrons. The van der Waals surface area contributed by atoms with Crippen LogP contribution in [0.3, 0.4) is 0 Å². The van der Waals surface area contributed by atoms with E-state index in [4.69, 9.17) is 18.9 Å². The summed E-state index contributed by atoms with van der Waals surface area (Å²) in [5.41, 5.74) is 0. The van der Waals surface area contributed by atoms with Crippen molar-refractivity contribution in [1.29, 1.82) is 0 Å². The van der Waals surface area contributed by atoms with Crippen molar-refractivity contribution in [3.8, 4) is 0 Å². The van der Waals surface area contributed by atoms with E-state index in [0.29, 0.717) is 0 Å². The molecule has 0 saturated carbocycles. The normalized spacial score (nSPS) is 62.8. The van der Waals surface area contributed by atoms with Gasteiger partial charge in [0, 0.05) is 0 Å². The molecule has 0 aromatic heterocycles. The van der Waals surface area contributed by atoms with E-state index in [2.05, 4.69) is 27.7 Å². The SMILES string of the molecule is C[C]1([Ti]([C]2(C)CO2)([C]2(C)CO2)[C]2(C)CO2)CO1. The van der Waals surface area contributed by atoms with E-state index >= 15 is 0 Å². The molecule has 0 N–H and O–H groups in total. The van der Waals surface area contributed by atoms with Crippen molar-refractivity contribution in [1.82, 2.24) is 0 Å². The molecular formula is C12H20O4Ti. The van der Waals surface area contributed by atoms with Crippen molar-refractivity contribution in [2.24, 2.45) is 0 Å². The van der Waals surface area contributed by atoms with Crippen molar-refractivity contribution in [2.45, 2.75) is 43.3 Å². The first-order valence-corrected chi connectivity index (χ1v) is 9.51. The first-order valence-electron chi connectivity index (χ1n) is 6.39. The number of hydrogen-bond donors (Lipinski definition) is 0. The Kier molecular flexibility index (Phi) is 1.80. The predicted molar refractivity (Wildman–Crippen MR) is 57.4 cm³/mol. The third kappa shape index (κ3) is 1.10. The van der Waals surface area contributed by atoms with Crippen LogP contribution in [0.1, 0.15) is 27.7 Å². The summed E-state index contributed by atoms with van der Waals surface area (Å²) in [6, 6.07) is 0. The fraction of sp³-hybridized carbons (Fsp3) is 1.00. The molecule has 4 aliphatic heterocycles. The third-order valence-corrected chi connectivity index (χ3v) is 17.2. The zero-order valence-electron chi connectivity index (χ0n) is 11.0. The van der Waals surface area contributed by atoms with Crippen LogP contribution in [0.25, 0.3) is 0 Å². The maximum absolute atomic E-state index is 5.90. The standard InChI is InChI=1S/4C3H5O.Ti/c4*1-3-2-4-3;/h4*2H2,1H3;. The molecule has 0 bridgehead atoms. The summed E-state index contributed by atoms with van der Waals surface area (Å²) in [5, 5.41) is 0. The van der Waals surface area contributed by atoms with E-state index < -0.39 is 16.6 Å². The van der Waals surface area contributed by atoms with Crippen molar-refractivity contribution >= 4 is 0 Å². The van der Waals surface area contributed by atoms with Gasteiger partial charge in [0.15, 0.2) is 0 Å². The zero-order chi connectivity index (χ0) is 12.2. The van der Waals surface area contributed by atoms with E-state index in [1.54, 1.807) is 0 Å². The molecular weight excluding hydrogens is 256 g/mol. The average Bonchev–Trinajstić information content (AvgIpc) is 2.97. The fourth-order valence-corrected chi connectivity index (χ4v) is 18.3. The van der Waals surface area contributed by atoms with Crippen LogP contribution in [0.2, 0.25) is 0 Å².